The zero-order valence-corrected chi connectivity index (χ0v) is 18.8. The van der Waals surface area contributed by atoms with Crippen LogP contribution in [0.25, 0.3) is 10.8 Å². The number of nitrogens with one attached hydrogen (secondary N) is 2. The van der Waals surface area contributed by atoms with Crippen molar-refractivity contribution in [3.8, 4) is 5.75 Å². The lowest BCUT2D eigenvalue weighted by molar-refractivity contribution is -0.136. The summed E-state index contributed by atoms with van der Waals surface area (Å²) in [5, 5.41) is 8.85. The number of hydrogen-bond donors (Lipinski definition) is 2. The van der Waals surface area contributed by atoms with Crippen molar-refractivity contribution < 1.29 is 14.3 Å². The number of amides is 2. The number of fused-ring (bicyclic) bond motifs is 1. The van der Waals surface area contributed by atoms with Gasteiger partial charge in [0.05, 0.1) is 6.21 Å². The zero-order valence-electron chi connectivity index (χ0n) is 18.8. The van der Waals surface area contributed by atoms with Gasteiger partial charge in [0.2, 0.25) is 0 Å². The fourth-order valence-corrected chi connectivity index (χ4v) is 3.61. The van der Waals surface area contributed by atoms with Gasteiger partial charge in [-0.3, -0.25) is 9.59 Å². The minimum absolute atomic E-state index is 0.429. The minimum Gasteiger partial charge on any atom is -0.489 e. The van der Waals surface area contributed by atoms with E-state index in [0.717, 1.165) is 28.5 Å². The molecule has 4 aromatic carbocycles. The summed E-state index contributed by atoms with van der Waals surface area (Å²) >= 11 is 0. The second-order valence-electron chi connectivity index (χ2n) is 7.66. The highest BCUT2D eigenvalue weighted by atomic mass is 16.5. The smallest absolute Gasteiger partial charge is 0.329 e. The summed E-state index contributed by atoms with van der Waals surface area (Å²) in [6.07, 6.45) is 2.21. The first-order chi connectivity index (χ1) is 16.6. The number of carbonyl (C=O) groups excluding carboxylic acids is 2. The number of para-hydroxylation sites is 1. The summed E-state index contributed by atoms with van der Waals surface area (Å²) in [4.78, 5) is 24.3. The Kier molecular flexibility index (Phi) is 7.30. The first-order valence-electron chi connectivity index (χ1n) is 11.1. The third-order valence-corrected chi connectivity index (χ3v) is 5.36. The van der Waals surface area contributed by atoms with Gasteiger partial charge in [0.15, 0.2) is 0 Å². The largest absolute Gasteiger partial charge is 0.489 e. The summed E-state index contributed by atoms with van der Waals surface area (Å²) in [5.41, 5.74) is 5.66. The molecule has 0 spiro atoms. The van der Waals surface area contributed by atoms with Gasteiger partial charge >= 0.3 is 11.8 Å². The fourth-order valence-electron chi connectivity index (χ4n) is 3.61. The third-order valence-electron chi connectivity index (χ3n) is 5.36. The molecule has 0 saturated carbocycles. The summed E-state index contributed by atoms with van der Waals surface area (Å²) in [7, 11) is 0. The normalized spacial score (nSPS) is 10.9. The van der Waals surface area contributed by atoms with Crippen molar-refractivity contribution in [3.05, 3.63) is 108 Å². The van der Waals surface area contributed by atoms with Gasteiger partial charge in [-0.25, -0.2) is 5.43 Å². The van der Waals surface area contributed by atoms with E-state index in [9.17, 15) is 9.59 Å². The molecule has 0 fully saturated rings. The maximum absolute atomic E-state index is 12.2. The van der Waals surface area contributed by atoms with E-state index in [0.29, 0.717) is 18.0 Å². The van der Waals surface area contributed by atoms with E-state index in [1.165, 1.54) is 11.6 Å². The zero-order chi connectivity index (χ0) is 23.8. The Morgan fingerprint density at radius 2 is 1.59 bits per heavy atom. The molecule has 4 aromatic rings. The Labute approximate surface area is 198 Å². The first kappa shape index (κ1) is 22.7. The summed E-state index contributed by atoms with van der Waals surface area (Å²) in [6.45, 7) is 2.41. The number of hydrogen-bond acceptors (Lipinski definition) is 4. The van der Waals surface area contributed by atoms with E-state index in [2.05, 4.69) is 34.0 Å². The molecule has 2 N–H and O–H groups in total. The van der Waals surface area contributed by atoms with Crippen LogP contribution in [0.3, 0.4) is 0 Å². The molecule has 6 nitrogen and oxygen atoms in total. The highest BCUT2D eigenvalue weighted by Crippen LogP contribution is 2.21. The second-order valence-corrected chi connectivity index (χ2v) is 7.66. The standard InChI is InChI=1S/C28H25N3O3/c1-2-21-10-4-6-16-26(21)30-27(32)28(33)31-29-18-20-9-7-14-24(17-20)34-19-23-13-8-12-22-11-3-5-15-25(22)23/h3-18H,2,19H2,1H3,(H,30,32)(H,31,33)/b29-18+. The highest BCUT2D eigenvalue weighted by Gasteiger charge is 2.14. The Bertz CT molecular complexity index is 1340. The molecule has 6 heteroatoms. The van der Waals surface area contributed by atoms with Crippen LogP contribution in [0.2, 0.25) is 0 Å². The van der Waals surface area contributed by atoms with Gasteiger partial charge in [0.25, 0.3) is 0 Å². The lowest BCUT2D eigenvalue weighted by atomic mass is 10.1. The average molecular weight is 452 g/mol. The Morgan fingerprint density at radius 1 is 0.853 bits per heavy atom. The quantitative estimate of drug-likeness (QED) is 0.234. The minimum atomic E-state index is -0.842. The average Bonchev–Trinajstić information content (AvgIpc) is 2.88. The van der Waals surface area contributed by atoms with Crippen molar-refractivity contribution in [2.45, 2.75) is 20.0 Å². The van der Waals surface area contributed by atoms with Crippen LogP contribution in [-0.2, 0) is 22.6 Å². The maximum atomic E-state index is 12.2. The van der Waals surface area contributed by atoms with Crippen LogP contribution in [0, 0.1) is 0 Å². The molecule has 0 saturated heterocycles. The molecular formula is C28H25N3O3. The second kappa shape index (κ2) is 10.9. The number of hydrazone groups is 1. The van der Waals surface area contributed by atoms with Crippen molar-refractivity contribution in [2.24, 2.45) is 5.10 Å². The molecule has 0 aliphatic heterocycles. The van der Waals surface area contributed by atoms with E-state index < -0.39 is 11.8 Å². The lowest BCUT2D eigenvalue weighted by Gasteiger charge is -2.09. The van der Waals surface area contributed by atoms with Gasteiger partial charge in [-0.05, 0) is 52.1 Å². The fraction of sp³-hybridized carbons (Fsp3) is 0.107. The van der Waals surface area contributed by atoms with Gasteiger partial charge in [-0.2, -0.15) is 5.10 Å². The molecule has 0 aliphatic rings. The topological polar surface area (TPSA) is 79.8 Å². The van der Waals surface area contributed by atoms with Gasteiger partial charge in [-0.15, -0.1) is 0 Å². The van der Waals surface area contributed by atoms with E-state index >= 15 is 0 Å². The van der Waals surface area contributed by atoms with E-state index in [4.69, 9.17) is 4.74 Å². The molecule has 0 atom stereocenters. The van der Waals surface area contributed by atoms with Crippen LogP contribution < -0.4 is 15.5 Å². The number of ether oxygens (including phenoxy) is 1. The number of benzene rings is 4. The van der Waals surface area contributed by atoms with Gasteiger partial charge in [0.1, 0.15) is 12.4 Å². The van der Waals surface area contributed by atoms with Crippen molar-refractivity contribution >= 4 is 34.5 Å². The van der Waals surface area contributed by atoms with Crippen LogP contribution in [0.1, 0.15) is 23.6 Å². The predicted octanol–water partition coefficient (Wildman–Crippen LogP) is 5.07. The van der Waals surface area contributed by atoms with Crippen LogP contribution in [0.5, 0.6) is 5.75 Å². The van der Waals surface area contributed by atoms with Crippen molar-refractivity contribution in [3.63, 3.8) is 0 Å². The van der Waals surface area contributed by atoms with E-state index in [1.807, 2.05) is 67.6 Å². The summed E-state index contributed by atoms with van der Waals surface area (Å²) in [5.74, 6) is -0.937. The highest BCUT2D eigenvalue weighted by molar-refractivity contribution is 6.39. The van der Waals surface area contributed by atoms with Crippen molar-refractivity contribution in [1.82, 2.24) is 5.43 Å². The Hall–Kier alpha value is -4.45. The van der Waals surface area contributed by atoms with Crippen LogP contribution >= 0.6 is 0 Å². The van der Waals surface area contributed by atoms with Gasteiger partial charge in [-0.1, -0.05) is 79.7 Å². The predicted molar refractivity (Wildman–Crippen MR) is 135 cm³/mol. The van der Waals surface area contributed by atoms with Gasteiger partial charge in [0, 0.05) is 5.69 Å². The SMILES string of the molecule is CCc1ccccc1NC(=O)C(=O)N/N=C/c1cccc(OCc2cccc3ccccc23)c1. The summed E-state index contributed by atoms with van der Waals surface area (Å²) < 4.78 is 5.98. The molecule has 0 unspecified atom stereocenters. The summed E-state index contributed by atoms with van der Waals surface area (Å²) in [6, 6.07) is 29.0. The molecule has 170 valence electrons. The molecule has 0 aliphatic carbocycles. The number of aryl methyl sites for hydroxylation is 1. The molecule has 0 heterocycles. The number of nitrogens with zero attached hydrogens (tertiary/aromatic N) is 1. The molecule has 0 bridgehead atoms. The molecule has 0 radical (unpaired) electrons. The molecule has 2 amide bonds. The molecule has 4 rings (SSSR count). The Balaban J connectivity index is 1.34. The number of anilines is 1. The van der Waals surface area contributed by atoms with Crippen LogP contribution in [0.4, 0.5) is 5.69 Å². The van der Waals surface area contributed by atoms with Crippen molar-refractivity contribution in [2.75, 3.05) is 5.32 Å². The number of carbonyl (C=O) groups is 2. The van der Waals surface area contributed by atoms with Crippen molar-refractivity contribution in [1.29, 1.82) is 0 Å². The van der Waals surface area contributed by atoms with Crippen LogP contribution in [0.15, 0.2) is 96.1 Å². The van der Waals surface area contributed by atoms with Gasteiger partial charge < -0.3 is 10.1 Å². The van der Waals surface area contributed by atoms with Crippen LogP contribution in [-0.4, -0.2) is 18.0 Å². The molecule has 0 aromatic heterocycles. The monoisotopic (exact) mass is 451 g/mol. The lowest BCUT2D eigenvalue weighted by Crippen LogP contribution is -2.32. The molecular weight excluding hydrogens is 426 g/mol. The van der Waals surface area contributed by atoms with E-state index in [-0.39, 0.29) is 0 Å². The van der Waals surface area contributed by atoms with E-state index in [1.54, 1.807) is 12.1 Å². The third kappa shape index (κ3) is 5.66. The first-order valence-corrected chi connectivity index (χ1v) is 11.1. The Morgan fingerprint density at radius 3 is 2.47 bits per heavy atom. The molecule has 34 heavy (non-hydrogen) atoms. The maximum Gasteiger partial charge on any atom is 0.329 e. The number of rotatable bonds is 7.